The molecule has 0 radical (unpaired) electrons. The molecule has 0 spiro atoms. The molecule has 2 aromatic heterocycles. The third-order valence-electron chi connectivity index (χ3n) is 6.89. The summed E-state index contributed by atoms with van der Waals surface area (Å²) in [6.07, 6.45) is 2.67. The second kappa shape index (κ2) is 10.4. The number of nitrogens with one attached hydrogen (secondary N) is 2. The van der Waals surface area contributed by atoms with Crippen LogP contribution < -0.4 is 10.2 Å². The first-order valence-electron chi connectivity index (χ1n) is 12.4. The lowest BCUT2D eigenvalue weighted by molar-refractivity contribution is 0.0945. The Labute approximate surface area is 207 Å². The summed E-state index contributed by atoms with van der Waals surface area (Å²) in [4.78, 5) is 26.5. The van der Waals surface area contributed by atoms with E-state index in [-0.39, 0.29) is 5.78 Å². The summed E-state index contributed by atoms with van der Waals surface area (Å²) < 4.78 is 0. The summed E-state index contributed by atoms with van der Waals surface area (Å²) in [6.45, 7) is 6.78. The van der Waals surface area contributed by atoms with Crippen molar-refractivity contribution in [1.29, 1.82) is 0 Å². The van der Waals surface area contributed by atoms with Crippen LogP contribution in [0.3, 0.4) is 0 Å². The Hall–Kier alpha value is -3.48. The highest BCUT2D eigenvalue weighted by atomic mass is 16.1. The molecule has 0 saturated carbocycles. The zero-order valence-electron chi connectivity index (χ0n) is 20.5. The largest absolute Gasteiger partial charge is 0.354 e. The van der Waals surface area contributed by atoms with Crippen LogP contribution in [0.2, 0.25) is 0 Å². The van der Waals surface area contributed by atoms with Gasteiger partial charge in [-0.15, -0.1) is 0 Å². The van der Waals surface area contributed by atoms with Crippen molar-refractivity contribution >= 4 is 22.6 Å². The number of benzene rings is 2. The maximum atomic E-state index is 13.8. The zero-order valence-corrected chi connectivity index (χ0v) is 20.5. The van der Waals surface area contributed by atoms with Crippen LogP contribution in [-0.2, 0) is 6.42 Å². The molecule has 1 saturated heterocycles. The van der Waals surface area contributed by atoms with E-state index in [0.29, 0.717) is 12.1 Å². The van der Waals surface area contributed by atoms with Gasteiger partial charge in [-0.3, -0.25) is 4.79 Å². The molecule has 1 aliphatic heterocycles. The van der Waals surface area contributed by atoms with E-state index >= 15 is 0 Å². The Morgan fingerprint density at radius 1 is 1.00 bits per heavy atom. The Morgan fingerprint density at radius 3 is 2.49 bits per heavy atom. The van der Waals surface area contributed by atoms with Gasteiger partial charge in [-0.25, -0.2) is 4.98 Å². The highest BCUT2D eigenvalue weighted by Gasteiger charge is 2.25. The number of aryl methyl sites for hydroxylation is 1. The first-order valence-corrected chi connectivity index (χ1v) is 12.4. The molecule has 0 bridgehead atoms. The number of pyridine rings is 1. The van der Waals surface area contributed by atoms with Crippen molar-refractivity contribution < 1.29 is 4.79 Å². The zero-order chi connectivity index (χ0) is 24.2. The molecule has 0 unspecified atom stereocenters. The molecule has 6 nitrogen and oxygen atoms in total. The van der Waals surface area contributed by atoms with E-state index in [1.165, 1.54) is 11.1 Å². The monoisotopic (exact) mass is 467 g/mol. The number of rotatable bonds is 8. The number of carbonyl (C=O) groups excluding carboxylic acids is 1. The van der Waals surface area contributed by atoms with Crippen LogP contribution in [0.25, 0.3) is 11.0 Å². The van der Waals surface area contributed by atoms with E-state index in [0.717, 1.165) is 55.0 Å². The lowest BCUT2D eigenvalue weighted by Gasteiger charge is -2.33. The van der Waals surface area contributed by atoms with Gasteiger partial charge in [-0.1, -0.05) is 60.2 Å². The first-order chi connectivity index (χ1) is 17.1. The number of fused-ring (bicyclic) bond motifs is 1. The van der Waals surface area contributed by atoms with Crippen molar-refractivity contribution in [2.75, 3.05) is 44.7 Å². The summed E-state index contributed by atoms with van der Waals surface area (Å²) in [5, 5.41) is 4.39. The SMILES string of the molecule is Cc1ccc(CCN[C@@H](C(=O)c2c[nH]c3nc(N4CCN(C)CC4)ccc23)c2ccccc2)cc1. The molecule has 180 valence electrons. The molecular weight excluding hydrogens is 434 g/mol. The molecule has 6 heteroatoms. The van der Waals surface area contributed by atoms with Gasteiger partial charge in [0, 0.05) is 49.9 Å². The number of hydrogen-bond donors (Lipinski definition) is 2. The molecule has 3 heterocycles. The number of ketones is 1. The van der Waals surface area contributed by atoms with E-state index in [1.54, 1.807) is 0 Å². The van der Waals surface area contributed by atoms with Crippen molar-refractivity contribution in [3.8, 4) is 0 Å². The highest BCUT2D eigenvalue weighted by molar-refractivity contribution is 6.10. The molecule has 2 aromatic carbocycles. The number of nitrogens with zero attached hydrogens (tertiary/aromatic N) is 3. The minimum atomic E-state index is -0.419. The molecular formula is C29H33N5O. The number of H-pyrrole nitrogens is 1. The fourth-order valence-corrected chi connectivity index (χ4v) is 4.69. The van der Waals surface area contributed by atoms with Gasteiger partial charge in [-0.05, 0) is 43.7 Å². The molecule has 1 aliphatic rings. The number of aromatic nitrogens is 2. The summed E-state index contributed by atoms with van der Waals surface area (Å²) in [5.74, 6) is 1.02. The third kappa shape index (κ3) is 5.29. The summed E-state index contributed by atoms with van der Waals surface area (Å²) in [6, 6.07) is 22.2. The number of hydrogen-bond acceptors (Lipinski definition) is 5. The number of likely N-dealkylation sites (N-methyl/N-ethyl adjacent to an activating group) is 1. The van der Waals surface area contributed by atoms with Gasteiger partial charge < -0.3 is 20.1 Å². The van der Waals surface area contributed by atoms with E-state index < -0.39 is 6.04 Å². The molecule has 0 aliphatic carbocycles. The number of carbonyl (C=O) groups is 1. The molecule has 1 atom stereocenters. The van der Waals surface area contributed by atoms with E-state index in [1.807, 2.05) is 48.7 Å². The van der Waals surface area contributed by atoms with Gasteiger partial charge in [0.25, 0.3) is 0 Å². The Kier molecular flexibility index (Phi) is 6.93. The van der Waals surface area contributed by atoms with Gasteiger partial charge in [0.15, 0.2) is 5.78 Å². The number of piperazine rings is 1. The predicted molar refractivity (Wildman–Crippen MR) is 142 cm³/mol. The fraction of sp³-hybridized carbons (Fsp3) is 0.310. The van der Waals surface area contributed by atoms with Gasteiger partial charge in [0.2, 0.25) is 0 Å². The van der Waals surface area contributed by atoms with E-state index in [2.05, 4.69) is 58.3 Å². The molecule has 35 heavy (non-hydrogen) atoms. The van der Waals surface area contributed by atoms with E-state index in [4.69, 9.17) is 4.98 Å². The molecule has 5 rings (SSSR count). The average molecular weight is 468 g/mol. The predicted octanol–water partition coefficient (Wildman–Crippen LogP) is 4.38. The van der Waals surface area contributed by atoms with Gasteiger partial charge in [0.1, 0.15) is 11.5 Å². The highest BCUT2D eigenvalue weighted by Crippen LogP contribution is 2.26. The van der Waals surface area contributed by atoms with Crippen molar-refractivity contribution in [1.82, 2.24) is 20.2 Å². The van der Waals surface area contributed by atoms with Gasteiger partial charge in [-0.2, -0.15) is 0 Å². The van der Waals surface area contributed by atoms with Crippen LogP contribution in [0.5, 0.6) is 0 Å². The maximum absolute atomic E-state index is 13.8. The fourth-order valence-electron chi connectivity index (χ4n) is 4.69. The van der Waals surface area contributed by atoms with E-state index in [9.17, 15) is 4.79 Å². The Morgan fingerprint density at radius 2 is 1.74 bits per heavy atom. The van der Waals surface area contributed by atoms with Crippen LogP contribution in [0, 0.1) is 6.92 Å². The lowest BCUT2D eigenvalue weighted by atomic mass is 9.97. The summed E-state index contributed by atoms with van der Waals surface area (Å²) in [7, 11) is 2.15. The van der Waals surface area contributed by atoms with Crippen LogP contribution in [0.1, 0.15) is 33.1 Å². The second-order valence-corrected chi connectivity index (χ2v) is 9.46. The normalized spacial score (nSPS) is 15.4. The average Bonchev–Trinajstić information content (AvgIpc) is 3.32. The van der Waals surface area contributed by atoms with Crippen LogP contribution >= 0.6 is 0 Å². The van der Waals surface area contributed by atoms with Crippen LogP contribution in [0.4, 0.5) is 5.82 Å². The number of anilines is 1. The van der Waals surface area contributed by atoms with Gasteiger partial charge in [0.05, 0.1) is 6.04 Å². The van der Waals surface area contributed by atoms with Crippen LogP contribution in [-0.4, -0.2) is 60.4 Å². The van der Waals surface area contributed by atoms with Crippen molar-refractivity contribution in [3.05, 3.63) is 95.2 Å². The third-order valence-corrected chi connectivity index (χ3v) is 6.89. The molecule has 1 fully saturated rings. The Bertz CT molecular complexity index is 1270. The van der Waals surface area contributed by atoms with Crippen molar-refractivity contribution in [3.63, 3.8) is 0 Å². The van der Waals surface area contributed by atoms with Crippen molar-refractivity contribution in [2.24, 2.45) is 0 Å². The lowest BCUT2D eigenvalue weighted by Crippen LogP contribution is -2.44. The first kappa shape index (κ1) is 23.3. The molecule has 0 amide bonds. The Balaban J connectivity index is 1.36. The summed E-state index contributed by atoms with van der Waals surface area (Å²) >= 11 is 0. The topological polar surface area (TPSA) is 64.3 Å². The quantitative estimate of drug-likeness (QED) is 0.377. The molecule has 2 N–H and O–H groups in total. The standard InChI is InChI=1S/C29H33N5O/c1-21-8-10-22(11-9-21)14-15-30-27(23-6-4-3-5-7-23)28(35)25-20-31-29-24(25)12-13-26(32-29)34-18-16-33(2)17-19-34/h3-13,20,27,30H,14-19H2,1-2H3,(H,31,32)/t27-/m1/s1. The number of aromatic amines is 1. The van der Waals surface area contributed by atoms with Crippen LogP contribution in [0.15, 0.2) is 72.9 Å². The minimum absolute atomic E-state index is 0.0560. The second-order valence-electron chi connectivity index (χ2n) is 9.46. The summed E-state index contributed by atoms with van der Waals surface area (Å²) in [5.41, 5.74) is 4.92. The molecule has 4 aromatic rings. The minimum Gasteiger partial charge on any atom is -0.354 e. The maximum Gasteiger partial charge on any atom is 0.186 e. The van der Waals surface area contributed by atoms with Crippen molar-refractivity contribution in [2.45, 2.75) is 19.4 Å². The van der Waals surface area contributed by atoms with Gasteiger partial charge >= 0.3 is 0 Å². The number of Topliss-reactive ketones (excluding diaryl/α,β-unsaturated/α-hetero) is 1. The smallest absolute Gasteiger partial charge is 0.186 e.